The molecule has 114 valence electrons. The van der Waals surface area contributed by atoms with Gasteiger partial charge in [-0.1, -0.05) is 13.8 Å². The predicted molar refractivity (Wildman–Crippen MR) is 66.3 cm³/mol. The first-order valence-corrected chi connectivity index (χ1v) is 6.46. The van der Waals surface area contributed by atoms with E-state index in [9.17, 15) is 18.0 Å². The third kappa shape index (κ3) is 3.50. The van der Waals surface area contributed by atoms with Gasteiger partial charge in [-0.3, -0.25) is 5.10 Å². The lowest BCUT2D eigenvalue weighted by Crippen LogP contribution is -2.46. The molecule has 2 rings (SSSR count). The fraction of sp³-hybridized carbons (Fsp3) is 0.667. The second-order valence-corrected chi connectivity index (χ2v) is 3.93. The van der Waals surface area contributed by atoms with Crippen molar-refractivity contribution >= 4 is 5.97 Å². The molecule has 0 amide bonds. The van der Waals surface area contributed by atoms with Gasteiger partial charge in [-0.2, -0.15) is 18.3 Å². The molecule has 0 saturated carbocycles. The molecule has 1 aromatic rings. The maximum atomic E-state index is 12.5. The number of aromatic nitrogens is 2. The highest BCUT2D eigenvalue weighted by atomic mass is 19.4. The molecule has 1 aromatic heterocycles. The van der Waals surface area contributed by atoms with Crippen LogP contribution in [0.2, 0.25) is 0 Å². The fourth-order valence-electron chi connectivity index (χ4n) is 1.86. The number of ether oxygens (including phenoxy) is 1. The highest BCUT2D eigenvalue weighted by Crippen LogP contribution is 2.28. The van der Waals surface area contributed by atoms with Crippen LogP contribution >= 0.6 is 0 Å². The van der Waals surface area contributed by atoms with Gasteiger partial charge in [-0.25, -0.2) is 4.79 Å². The van der Waals surface area contributed by atoms with Gasteiger partial charge in [0.1, 0.15) is 6.04 Å². The summed E-state index contributed by atoms with van der Waals surface area (Å²) in [6.07, 6.45) is -4.57. The number of halogens is 3. The number of alkyl halides is 3. The van der Waals surface area contributed by atoms with Crippen LogP contribution in [0.15, 0.2) is 0 Å². The number of hydrogen-bond donors (Lipinski definition) is 2. The molecule has 1 atom stereocenters. The molecule has 0 aliphatic carbocycles. The molecule has 0 radical (unpaired) electrons. The summed E-state index contributed by atoms with van der Waals surface area (Å²) in [5.41, 5.74) is 0.841. The molecule has 2 heterocycles. The van der Waals surface area contributed by atoms with E-state index in [0.717, 1.165) is 0 Å². The molecular weight excluding hydrogens is 275 g/mol. The quantitative estimate of drug-likeness (QED) is 0.820. The third-order valence-electron chi connectivity index (χ3n) is 2.75. The number of rotatable bonds is 2. The zero-order chi connectivity index (χ0) is 15.3. The van der Waals surface area contributed by atoms with E-state index in [-0.39, 0.29) is 25.3 Å². The van der Waals surface area contributed by atoms with Gasteiger partial charge in [0.15, 0.2) is 5.69 Å². The summed E-state index contributed by atoms with van der Waals surface area (Å²) in [6.45, 7) is 5.79. The van der Waals surface area contributed by atoms with Crippen molar-refractivity contribution in [3.63, 3.8) is 0 Å². The van der Waals surface area contributed by atoms with Crippen LogP contribution in [0.25, 0.3) is 0 Å². The fourth-order valence-corrected chi connectivity index (χ4v) is 1.86. The first-order chi connectivity index (χ1) is 9.43. The van der Waals surface area contributed by atoms with Crippen molar-refractivity contribution in [2.75, 3.05) is 6.61 Å². The molecule has 0 saturated heterocycles. The molecule has 2 N–H and O–H groups in total. The number of fused-ring (bicyclic) bond motifs is 1. The number of carbonyl (C=O) groups excluding carboxylic acids is 1. The van der Waals surface area contributed by atoms with Crippen molar-refractivity contribution in [3.8, 4) is 0 Å². The Morgan fingerprint density at radius 1 is 1.45 bits per heavy atom. The van der Waals surface area contributed by atoms with Gasteiger partial charge in [0.05, 0.1) is 6.61 Å². The van der Waals surface area contributed by atoms with E-state index in [1.54, 1.807) is 6.92 Å². The van der Waals surface area contributed by atoms with E-state index in [1.165, 1.54) is 0 Å². The maximum absolute atomic E-state index is 12.5. The average Bonchev–Trinajstić information content (AvgIpc) is 2.83. The summed E-state index contributed by atoms with van der Waals surface area (Å²) in [4.78, 5) is 11.5. The highest BCUT2D eigenvalue weighted by molar-refractivity contribution is 5.89. The van der Waals surface area contributed by atoms with E-state index >= 15 is 0 Å². The molecule has 20 heavy (non-hydrogen) atoms. The molecule has 0 fully saturated rings. The normalized spacial score (nSPS) is 17.8. The summed E-state index contributed by atoms with van der Waals surface area (Å²) in [6, 6.07) is -1.61. The van der Waals surface area contributed by atoms with Gasteiger partial charge in [-0.15, -0.1) is 0 Å². The highest BCUT2D eigenvalue weighted by Gasteiger charge is 2.42. The van der Waals surface area contributed by atoms with E-state index in [4.69, 9.17) is 4.74 Å². The lowest BCUT2D eigenvalue weighted by molar-refractivity contribution is -0.157. The lowest BCUT2D eigenvalue weighted by Gasteiger charge is -2.25. The van der Waals surface area contributed by atoms with E-state index in [0.29, 0.717) is 11.3 Å². The number of hydrogen-bond acceptors (Lipinski definition) is 4. The van der Waals surface area contributed by atoms with Crippen LogP contribution in [0, 0.1) is 0 Å². The molecule has 8 heteroatoms. The third-order valence-corrected chi connectivity index (χ3v) is 2.75. The number of esters is 1. The Morgan fingerprint density at radius 3 is 2.65 bits per heavy atom. The summed E-state index contributed by atoms with van der Waals surface area (Å²) in [5.74, 6) is -0.623. The molecule has 0 bridgehead atoms. The number of aromatic amines is 1. The minimum absolute atomic E-state index is 0.0514. The standard InChI is InChI=1S/C10H12F3N3O2.C2H6/c1-2-18-9(17)8-5-4-14-7(10(11,12)13)3-6(5)15-16-8;1-2/h7,14H,2-4H2,1H3,(H,15,16);1-2H3. The number of nitrogens with one attached hydrogen (secondary N) is 2. The van der Waals surface area contributed by atoms with Crippen molar-refractivity contribution < 1.29 is 22.7 Å². The Labute approximate surface area is 114 Å². The van der Waals surface area contributed by atoms with Gasteiger partial charge in [0.2, 0.25) is 0 Å². The van der Waals surface area contributed by atoms with Crippen molar-refractivity contribution in [2.45, 2.75) is 46.0 Å². The number of H-pyrrole nitrogens is 1. The molecule has 5 nitrogen and oxygen atoms in total. The van der Waals surface area contributed by atoms with Crippen molar-refractivity contribution in [3.05, 3.63) is 17.0 Å². The Hall–Kier alpha value is -1.57. The Bertz CT molecular complexity index is 457. The predicted octanol–water partition coefficient (Wildman–Crippen LogP) is 2.19. The number of nitrogens with zero attached hydrogens (tertiary/aromatic N) is 1. The first-order valence-electron chi connectivity index (χ1n) is 6.46. The summed E-state index contributed by atoms with van der Waals surface area (Å²) >= 11 is 0. The molecular formula is C12H18F3N3O2. The number of carbonyl (C=O) groups is 1. The van der Waals surface area contributed by atoms with Crippen molar-refractivity contribution in [1.29, 1.82) is 0 Å². The summed E-state index contributed by atoms with van der Waals surface area (Å²) < 4.78 is 42.4. The minimum Gasteiger partial charge on any atom is -0.461 e. The largest absolute Gasteiger partial charge is 0.461 e. The van der Waals surface area contributed by atoms with Crippen LogP contribution < -0.4 is 5.32 Å². The van der Waals surface area contributed by atoms with Crippen LogP contribution in [0.4, 0.5) is 13.2 Å². The van der Waals surface area contributed by atoms with Crippen LogP contribution in [0.3, 0.4) is 0 Å². The molecule has 0 aromatic carbocycles. The van der Waals surface area contributed by atoms with Gasteiger partial charge >= 0.3 is 12.1 Å². The van der Waals surface area contributed by atoms with Crippen LogP contribution in [0.5, 0.6) is 0 Å². The van der Waals surface area contributed by atoms with Gasteiger partial charge in [0, 0.05) is 24.2 Å². The van der Waals surface area contributed by atoms with Gasteiger partial charge in [0.25, 0.3) is 0 Å². The summed E-state index contributed by atoms with van der Waals surface area (Å²) in [5, 5.41) is 8.55. The molecule has 1 aliphatic rings. The average molecular weight is 293 g/mol. The summed E-state index contributed by atoms with van der Waals surface area (Å²) in [7, 11) is 0. The van der Waals surface area contributed by atoms with Crippen molar-refractivity contribution in [2.24, 2.45) is 0 Å². The van der Waals surface area contributed by atoms with E-state index < -0.39 is 18.2 Å². The smallest absolute Gasteiger partial charge is 0.404 e. The molecule has 1 unspecified atom stereocenters. The second kappa shape index (κ2) is 6.74. The van der Waals surface area contributed by atoms with Crippen LogP contribution in [0.1, 0.15) is 42.5 Å². The zero-order valence-corrected chi connectivity index (χ0v) is 11.6. The molecule has 1 aliphatic heterocycles. The lowest BCUT2D eigenvalue weighted by atomic mass is 10.0. The Balaban J connectivity index is 0.000000956. The van der Waals surface area contributed by atoms with Crippen molar-refractivity contribution in [1.82, 2.24) is 15.5 Å². The minimum atomic E-state index is -4.31. The topological polar surface area (TPSA) is 67.0 Å². The van der Waals surface area contributed by atoms with Crippen LogP contribution in [-0.2, 0) is 17.7 Å². The first kappa shape index (κ1) is 16.5. The van der Waals surface area contributed by atoms with E-state index in [1.807, 2.05) is 13.8 Å². The van der Waals surface area contributed by atoms with Gasteiger partial charge in [-0.05, 0) is 6.92 Å². The van der Waals surface area contributed by atoms with E-state index in [2.05, 4.69) is 15.5 Å². The zero-order valence-electron chi connectivity index (χ0n) is 11.6. The second-order valence-electron chi connectivity index (χ2n) is 3.93. The maximum Gasteiger partial charge on any atom is 0.404 e. The SMILES string of the molecule is CC.CCOC(=O)c1n[nH]c2c1CNC(C(F)(F)F)C2. The molecule has 0 spiro atoms. The van der Waals surface area contributed by atoms with Gasteiger partial charge < -0.3 is 10.1 Å². The Kier molecular flexibility index (Phi) is 5.55. The van der Waals surface area contributed by atoms with Crippen LogP contribution in [-0.4, -0.2) is 35.0 Å². The monoisotopic (exact) mass is 293 g/mol. The Morgan fingerprint density at radius 2 is 2.10 bits per heavy atom.